The zero-order valence-corrected chi connectivity index (χ0v) is 16.8. The SMILES string of the molecule is Cn1ccnc1C(O)C1CCN(c2nn3cc(-c4ccc(F)cc4)nc3s2)CC1. The molecule has 3 aromatic heterocycles. The molecule has 5 rings (SSSR count). The number of aryl methyl sites for hydroxylation is 1. The highest BCUT2D eigenvalue weighted by atomic mass is 32.1. The number of aliphatic hydroxyl groups excluding tert-OH is 1. The number of hydrogen-bond donors (Lipinski definition) is 1. The first-order valence-electron chi connectivity index (χ1n) is 9.61. The number of anilines is 1. The van der Waals surface area contributed by atoms with E-state index >= 15 is 0 Å². The predicted octanol–water partition coefficient (Wildman–Crippen LogP) is 3.28. The Hall–Kier alpha value is -2.78. The normalized spacial score (nSPS) is 16.6. The molecule has 1 unspecified atom stereocenters. The van der Waals surface area contributed by atoms with Crippen LogP contribution in [-0.2, 0) is 7.05 Å². The third-order valence-electron chi connectivity index (χ3n) is 5.55. The van der Waals surface area contributed by atoms with Crippen LogP contribution in [0.3, 0.4) is 0 Å². The van der Waals surface area contributed by atoms with E-state index in [9.17, 15) is 9.50 Å². The van der Waals surface area contributed by atoms with Crippen LogP contribution in [0.4, 0.5) is 9.52 Å². The van der Waals surface area contributed by atoms with Crippen LogP contribution in [0, 0.1) is 11.7 Å². The minimum absolute atomic E-state index is 0.196. The highest BCUT2D eigenvalue weighted by Gasteiger charge is 2.29. The maximum atomic E-state index is 13.1. The van der Waals surface area contributed by atoms with Crippen molar-refractivity contribution in [2.75, 3.05) is 18.0 Å². The standard InChI is InChI=1S/C20H21FN6OS/c1-25-11-8-22-18(25)17(28)14-6-9-26(10-7-14)20-24-27-12-16(23-19(27)29-20)13-2-4-15(21)5-3-13/h2-5,8,11-12,14,17,28H,6-7,9-10H2,1H3. The molecule has 1 aliphatic rings. The van der Waals surface area contributed by atoms with E-state index in [2.05, 4.69) is 20.0 Å². The molecule has 0 spiro atoms. The number of piperidine rings is 1. The number of hydrogen-bond acceptors (Lipinski definition) is 6. The highest BCUT2D eigenvalue weighted by Crippen LogP contribution is 2.33. The lowest BCUT2D eigenvalue weighted by molar-refractivity contribution is 0.0825. The lowest BCUT2D eigenvalue weighted by Crippen LogP contribution is -2.36. The van der Waals surface area contributed by atoms with Gasteiger partial charge in [0, 0.05) is 38.1 Å². The molecule has 0 radical (unpaired) electrons. The van der Waals surface area contributed by atoms with Crippen molar-refractivity contribution in [3.63, 3.8) is 0 Å². The minimum atomic E-state index is -0.538. The number of aromatic nitrogens is 5. The summed E-state index contributed by atoms with van der Waals surface area (Å²) in [5.41, 5.74) is 1.65. The number of imidazole rings is 2. The van der Waals surface area contributed by atoms with Crippen molar-refractivity contribution in [1.82, 2.24) is 24.1 Å². The van der Waals surface area contributed by atoms with Crippen molar-refractivity contribution < 1.29 is 9.50 Å². The topological polar surface area (TPSA) is 71.5 Å². The zero-order chi connectivity index (χ0) is 20.0. The minimum Gasteiger partial charge on any atom is -0.385 e. The fraction of sp³-hybridized carbons (Fsp3) is 0.350. The number of aliphatic hydroxyl groups is 1. The fourth-order valence-electron chi connectivity index (χ4n) is 3.86. The van der Waals surface area contributed by atoms with Gasteiger partial charge in [-0.1, -0.05) is 11.3 Å². The van der Waals surface area contributed by atoms with Crippen LogP contribution < -0.4 is 4.90 Å². The van der Waals surface area contributed by atoms with E-state index in [0.717, 1.165) is 53.1 Å². The van der Waals surface area contributed by atoms with Gasteiger partial charge in [-0.05, 0) is 43.0 Å². The van der Waals surface area contributed by atoms with Gasteiger partial charge in [0.25, 0.3) is 0 Å². The molecule has 1 aliphatic heterocycles. The van der Waals surface area contributed by atoms with E-state index in [-0.39, 0.29) is 11.7 Å². The summed E-state index contributed by atoms with van der Waals surface area (Å²) >= 11 is 1.55. The molecule has 9 heteroatoms. The maximum absolute atomic E-state index is 13.1. The highest BCUT2D eigenvalue weighted by molar-refractivity contribution is 7.20. The predicted molar refractivity (Wildman–Crippen MR) is 109 cm³/mol. The smallest absolute Gasteiger partial charge is 0.214 e. The lowest BCUT2D eigenvalue weighted by Gasteiger charge is -2.33. The van der Waals surface area contributed by atoms with Gasteiger partial charge >= 0.3 is 0 Å². The van der Waals surface area contributed by atoms with E-state index in [1.807, 2.05) is 24.0 Å². The van der Waals surface area contributed by atoms with Gasteiger partial charge in [-0.2, -0.15) is 0 Å². The molecule has 1 N–H and O–H groups in total. The Balaban J connectivity index is 1.28. The quantitative estimate of drug-likeness (QED) is 0.557. The van der Waals surface area contributed by atoms with Gasteiger partial charge in [-0.3, -0.25) is 0 Å². The molecular weight excluding hydrogens is 391 g/mol. The van der Waals surface area contributed by atoms with E-state index in [0.29, 0.717) is 0 Å². The Labute approximate surface area is 171 Å². The van der Waals surface area contributed by atoms with Crippen molar-refractivity contribution in [3.05, 3.63) is 54.5 Å². The number of rotatable bonds is 4. The number of benzene rings is 1. The van der Waals surface area contributed by atoms with E-state index < -0.39 is 6.10 Å². The first kappa shape index (κ1) is 18.3. The molecule has 0 aliphatic carbocycles. The van der Waals surface area contributed by atoms with Crippen LogP contribution in [0.1, 0.15) is 24.8 Å². The first-order valence-corrected chi connectivity index (χ1v) is 10.4. The molecule has 1 fully saturated rings. The summed E-state index contributed by atoms with van der Waals surface area (Å²) in [6.45, 7) is 1.68. The number of nitrogens with zero attached hydrogens (tertiary/aromatic N) is 6. The van der Waals surface area contributed by atoms with Crippen LogP contribution in [0.2, 0.25) is 0 Å². The molecule has 150 valence electrons. The van der Waals surface area contributed by atoms with Crippen molar-refractivity contribution in [3.8, 4) is 11.3 Å². The molecule has 4 heterocycles. The Morgan fingerprint density at radius 3 is 2.62 bits per heavy atom. The second kappa shape index (κ2) is 7.23. The van der Waals surface area contributed by atoms with Gasteiger partial charge in [0.05, 0.1) is 11.9 Å². The monoisotopic (exact) mass is 412 g/mol. The first-order chi connectivity index (χ1) is 14.1. The average Bonchev–Trinajstić information content (AvgIpc) is 3.43. The van der Waals surface area contributed by atoms with E-state index in [4.69, 9.17) is 0 Å². The van der Waals surface area contributed by atoms with Crippen LogP contribution in [0.15, 0.2) is 42.9 Å². The molecule has 7 nitrogen and oxygen atoms in total. The molecule has 29 heavy (non-hydrogen) atoms. The van der Waals surface area contributed by atoms with Crippen molar-refractivity contribution in [2.24, 2.45) is 13.0 Å². The Bertz CT molecular complexity index is 1090. The van der Waals surface area contributed by atoms with E-state index in [1.54, 1.807) is 34.2 Å². The summed E-state index contributed by atoms with van der Waals surface area (Å²) < 4.78 is 16.8. The van der Waals surface area contributed by atoms with Gasteiger partial charge < -0.3 is 14.6 Å². The molecule has 4 aromatic rings. The van der Waals surface area contributed by atoms with E-state index in [1.165, 1.54) is 12.1 Å². The molecule has 0 amide bonds. The largest absolute Gasteiger partial charge is 0.385 e. The number of fused-ring (bicyclic) bond motifs is 1. The summed E-state index contributed by atoms with van der Waals surface area (Å²) in [5, 5.41) is 16.3. The zero-order valence-electron chi connectivity index (χ0n) is 15.9. The van der Waals surface area contributed by atoms with Gasteiger partial charge in [0.2, 0.25) is 10.1 Å². The molecular formula is C20H21FN6OS. The number of halogens is 1. The van der Waals surface area contributed by atoms with Crippen LogP contribution >= 0.6 is 11.3 Å². The average molecular weight is 412 g/mol. The lowest BCUT2D eigenvalue weighted by atomic mass is 9.91. The summed E-state index contributed by atoms with van der Waals surface area (Å²) in [5.74, 6) is 0.664. The van der Waals surface area contributed by atoms with Crippen molar-refractivity contribution in [1.29, 1.82) is 0 Å². The van der Waals surface area contributed by atoms with Gasteiger partial charge in [0.1, 0.15) is 17.7 Å². The van der Waals surface area contributed by atoms with Crippen LogP contribution in [-0.4, -0.2) is 42.3 Å². The Morgan fingerprint density at radius 2 is 1.97 bits per heavy atom. The molecule has 1 atom stereocenters. The third-order valence-corrected chi connectivity index (χ3v) is 6.54. The Morgan fingerprint density at radius 1 is 1.21 bits per heavy atom. The van der Waals surface area contributed by atoms with Gasteiger partial charge in [-0.15, -0.1) is 5.10 Å². The molecule has 0 bridgehead atoms. The van der Waals surface area contributed by atoms with Crippen LogP contribution in [0.25, 0.3) is 16.2 Å². The maximum Gasteiger partial charge on any atom is 0.214 e. The van der Waals surface area contributed by atoms with Gasteiger partial charge in [0.15, 0.2) is 0 Å². The second-order valence-electron chi connectivity index (χ2n) is 7.41. The van der Waals surface area contributed by atoms with Crippen LogP contribution in [0.5, 0.6) is 0 Å². The molecule has 0 saturated carbocycles. The molecule has 1 saturated heterocycles. The third kappa shape index (κ3) is 3.40. The fourth-order valence-corrected chi connectivity index (χ4v) is 4.79. The summed E-state index contributed by atoms with van der Waals surface area (Å²) in [6, 6.07) is 6.32. The second-order valence-corrected chi connectivity index (χ2v) is 8.34. The molecule has 1 aromatic carbocycles. The summed E-state index contributed by atoms with van der Waals surface area (Å²) in [4.78, 5) is 12.0. The van der Waals surface area contributed by atoms with Crippen molar-refractivity contribution in [2.45, 2.75) is 18.9 Å². The Kier molecular flexibility index (Phi) is 4.56. The summed E-state index contributed by atoms with van der Waals surface area (Å²) in [6.07, 6.45) is 6.69. The van der Waals surface area contributed by atoms with Crippen molar-refractivity contribution >= 4 is 21.4 Å². The summed E-state index contributed by atoms with van der Waals surface area (Å²) in [7, 11) is 1.91. The van der Waals surface area contributed by atoms with Gasteiger partial charge in [-0.25, -0.2) is 18.9 Å².